The summed E-state index contributed by atoms with van der Waals surface area (Å²) in [7, 11) is 1.66. The average molecular weight is 299 g/mol. The number of nitrogens with one attached hydrogen (secondary N) is 1. The Hall–Kier alpha value is -0.910. The molecule has 1 aromatic carbocycles. The van der Waals surface area contributed by atoms with Gasteiger partial charge in [-0.2, -0.15) is 0 Å². The van der Waals surface area contributed by atoms with Gasteiger partial charge in [-0.15, -0.1) is 0 Å². The first-order valence-electron chi connectivity index (χ1n) is 4.76. The van der Waals surface area contributed by atoms with Crippen LogP contribution in [0.4, 0.5) is 0 Å². The molecule has 0 unspecified atom stereocenters. The maximum Gasteiger partial charge on any atom is 0.128 e. The number of benzene rings is 1. The summed E-state index contributed by atoms with van der Waals surface area (Å²) < 4.78 is 8.70. The molecular weight excluding hydrogens is 288 g/mol. The minimum Gasteiger partial charge on any atom is -0.378 e. The fraction of sp³-hybridized carbons (Fsp3) is 0.182. The van der Waals surface area contributed by atoms with E-state index in [1.54, 1.807) is 7.11 Å². The predicted molar refractivity (Wildman–Crippen MR) is 69.4 cm³/mol. The molecule has 16 heavy (non-hydrogen) atoms. The summed E-state index contributed by atoms with van der Waals surface area (Å²) in [5, 5.41) is 3.19. The Kier molecular flexibility index (Phi) is 3.58. The highest BCUT2D eigenvalue weighted by Crippen LogP contribution is 2.14. The Bertz CT molecular complexity index is 530. The summed E-state index contributed by atoms with van der Waals surface area (Å²) in [5.41, 5.74) is 1.98. The standard InChI is InChI=1S/C11H11BrN2OS/c1-15-7-9-6-11(16)14(13-9)10-4-2-8(12)3-5-10/h2-6,13H,7H2,1H3. The first-order valence-corrected chi connectivity index (χ1v) is 5.96. The number of hydrogen-bond acceptors (Lipinski definition) is 2. The van der Waals surface area contributed by atoms with Gasteiger partial charge >= 0.3 is 0 Å². The second-order valence-corrected chi connectivity index (χ2v) is 4.70. The summed E-state index contributed by atoms with van der Waals surface area (Å²) in [6, 6.07) is 9.85. The Morgan fingerprint density at radius 3 is 2.69 bits per heavy atom. The highest BCUT2D eigenvalue weighted by molar-refractivity contribution is 9.10. The van der Waals surface area contributed by atoms with Gasteiger partial charge in [0.05, 0.1) is 18.0 Å². The molecule has 0 spiro atoms. The van der Waals surface area contributed by atoms with Crippen LogP contribution in [0.15, 0.2) is 34.8 Å². The second kappa shape index (κ2) is 4.95. The van der Waals surface area contributed by atoms with Crippen molar-refractivity contribution in [3.63, 3.8) is 0 Å². The van der Waals surface area contributed by atoms with Gasteiger partial charge in [-0.1, -0.05) is 28.1 Å². The SMILES string of the molecule is COCc1cc(=S)n(-c2ccc(Br)cc2)[nH]1. The van der Waals surface area contributed by atoms with E-state index < -0.39 is 0 Å². The lowest BCUT2D eigenvalue weighted by atomic mass is 10.3. The molecule has 0 aliphatic heterocycles. The van der Waals surface area contributed by atoms with Crippen LogP contribution in [0.3, 0.4) is 0 Å². The molecule has 0 aliphatic carbocycles. The van der Waals surface area contributed by atoms with E-state index in [4.69, 9.17) is 17.0 Å². The third-order valence-corrected chi connectivity index (χ3v) is 2.99. The number of nitrogens with zero attached hydrogens (tertiary/aromatic N) is 1. The highest BCUT2D eigenvalue weighted by Gasteiger charge is 2.02. The van der Waals surface area contributed by atoms with Crippen molar-refractivity contribution in [2.45, 2.75) is 6.61 Å². The van der Waals surface area contributed by atoms with E-state index >= 15 is 0 Å². The van der Waals surface area contributed by atoms with Crippen molar-refractivity contribution in [1.29, 1.82) is 0 Å². The number of ether oxygens (including phenoxy) is 1. The molecule has 0 aliphatic rings. The van der Waals surface area contributed by atoms with Gasteiger partial charge in [0.25, 0.3) is 0 Å². The van der Waals surface area contributed by atoms with E-state index in [9.17, 15) is 0 Å². The second-order valence-electron chi connectivity index (χ2n) is 3.36. The Labute approximate surface area is 107 Å². The molecule has 0 saturated heterocycles. The number of H-pyrrole nitrogens is 1. The van der Waals surface area contributed by atoms with Crippen molar-refractivity contribution < 1.29 is 4.74 Å². The van der Waals surface area contributed by atoms with Gasteiger partial charge in [0.15, 0.2) is 0 Å². The van der Waals surface area contributed by atoms with Gasteiger partial charge < -0.3 is 4.74 Å². The van der Waals surface area contributed by atoms with E-state index in [0.717, 1.165) is 20.5 Å². The number of halogens is 1. The molecule has 1 heterocycles. The van der Waals surface area contributed by atoms with E-state index in [0.29, 0.717) is 6.61 Å². The molecule has 0 fully saturated rings. The van der Waals surface area contributed by atoms with E-state index in [1.807, 2.05) is 35.0 Å². The van der Waals surface area contributed by atoms with Gasteiger partial charge in [-0.25, -0.2) is 4.68 Å². The molecule has 0 bridgehead atoms. The van der Waals surface area contributed by atoms with Crippen LogP contribution in [0.5, 0.6) is 0 Å². The molecule has 84 valence electrons. The molecule has 1 N–H and O–H groups in total. The lowest BCUT2D eigenvalue weighted by Crippen LogP contribution is -1.97. The molecule has 3 nitrogen and oxygen atoms in total. The Morgan fingerprint density at radius 1 is 1.38 bits per heavy atom. The first-order chi connectivity index (χ1) is 7.70. The quantitative estimate of drug-likeness (QED) is 0.880. The van der Waals surface area contributed by atoms with Crippen LogP contribution in [-0.2, 0) is 11.3 Å². The fourth-order valence-electron chi connectivity index (χ4n) is 1.46. The van der Waals surface area contributed by atoms with Crippen molar-refractivity contribution in [3.8, 4) is 5.69 Å². The zero-order chi connectivity index (χ0) is 11.5. The normalized spacial score (nSPS) is 10.6. The predicted octanol–water partition coefficient (Wildman–Crippen LogP) is 3.44. The van der Waals surface area contributed by atoms with Gasteiger partial charge in [-0.05, 0) is 30.3 Å². The minimum absolute atomic E-state index is 0.535. The van der Waals surface area contributed by atoms with Crippen molar-refractivity contribution in [2.75, 3.05) is 7.11 Å². The van der Waals surface area contributed by atoms with Gasteiger partial charge in [-0.3, -0.25) is 5.10 Å². The number of methoxy groups -OCH3 is 1. The van der Waals surface area contributed by atoms with Crippen molar-refractivity contribution in [2.24, 2.45) is 0 Å². The van der Waals surface area contributed by atoms with E-state index in [-0.39, 0.29) is 0 Å². The molecule has 2 aromatic rings. The third-order valence-electron chi connectivity index (χ3n) is 2.16. The number of aromatic amines is 1. The molecule has 0 amide bonds. The average Bonchev–Trinajstić information content (AvgIpc) is 2.61. The summed E-state index contributed by atoms with van der Waals surface area (Å²) in [5.74, 6) is 0. The van der Waals surface area contributed by atoms with Crippen LogP contribution in [0.1, 0.15) is 5.69 Å². The smallest absolute Gasteiger partial charge is 0.128 e. The van der Waals surface area contributed by atoms with Gasteiger partial charge in [0.1, 0.15) is 4.64 Å². The minimum atomic E-state index is 0.535. The fourth-order valence-corrected chi connectivity index (χ4v) is 2.01. The van der Waals surface area contributed by atoms with Crippen LogP contribution in [0.2, 0.25) is 0 Å². The molecule has 1 aromatic heterocycles. The Balaban J connectivity index is 2.40. The molecule has 0 atom stereocenters. The zero-order valence-electron chi connectivity index (χ0n) is 8.74. The monoisotopic (exact) mass is 298 g/mol. The molecule has 0 radical (unpaired) electrons. The van der Waals surface area contributed by atoms with Crippen LogP contribution >= 0.6 is 28.1 Å². The molecule has 2 rings (SSSR count). The van der Waals surface area contributed by atoms with Gasteiger partial charge in [0.2, 0.25) is 0 Å². The van der Waals surface area contributed by atoms with Crippen molar-refractivity contribution in [3.05, 3.63) is 45.1 Å². The van der Waals surface area contributed by atoms with Crippen LogP contribution in [-0.4, -0.2) is 16.9 Å². The lowest BCUT2D eigenvalue weighted by molar-refractivity contribution is 0.181. The maximum absolute atomic E-state index is 5.27. The molecular formula is C11H11BrN2OS. The lowest BCUT2D eigenvalue weighted by Gasteiger charge is -2.03. The van der Waals surface area contributed by atoms with Crippen LogP contribution in [0.25, 0.3) is 5.69 Å². The van der Waals surface area contributed by atoms with Gasteiger partial charge in [0, 0.05) is 11.6 Å². The first kappa shape index (κ1) is 11.6. The topological polar surface area (TPSA) is 29.9 Å². The van der Waals surface area contributed by atoms with E-state index in [1.165, 1.54) is 0 Å². The summed E-state index contributed by atoms with van der Waals surface area (Å²) >= 11 is 8.67. The van der Waals surface area contributed by atoms with Crippen molar-refractivity contribution in [1.82, 2.24) is 9.78 Å². The van der Waals surface area contributed by atoms with E-state index in [2.05, 4.69) is 21.0 Å². The highest BCUT2D eigenvalue weighted by atomic mass is 79.9. The largest absolute Gasteiger partial charge is 0.378 e. The third kappa shape index (κ3) is 2.42. The molecule has 0 saturated carbocycles. The van der Waals surface area contributed by atoms with Crippen molar-refractivity contribution >= 4 is 28.1 Å². The summed E-state index contributed by atoms with van der Waals surface area (Å²) in [6.45, 7) is 0.535. The maximum atomic E-state index is 5.27. The molecule has 5 heteroatoms. The number of rotatable bonds is 3. The Morgan fingerprint density at radius 2 is 2.06 bits per heavy atom. The zero-order valence-corrected chi connectivity index (χ0v) is 11.1. The summed E-state index contributed by atoms with van der Waals surface area (Å²) in [6.07, 6.45) is 0. The van der Waals surface area contributed by atoms with Crippen LogP contribution < -0.4 is 0 Å². The number of hydrogen-bond donors (Lipinski definition) is 1. The number of aromatic nitrogens is 2. The summed E-state index contributed by atoms with van der Waals surface area (Å²) in [4.78, 5) is 0. The van der Waals surface area contributed by atoms with Crippen LogP contribution in [0, 0.1) is 4.64 Å².